The van der Waals surface area contributed by atoms with Crippen LogP contribution in [-0.2, 0) is 11.2 Å². The van der Waals surface area contributed by atoms with Crippen LogP contribution in [-0.4, -0.2) is 23.1 Å². The summed E-state index contributed by atoms with van der Waals surface area (Å²) in [6.45, 7) is 4.35. The predicted molar refractivity (Wildman–Crippen MR) is 70.0 cm³/mol. The number of amides is 1. The first kappa shape index (κ1) is 16.5. The van der Waals surface area contributed by atoms with Gasteiger partial charge in [0.2, 0.25) is 5.91 Å². The Morgan fingerprint density at radius 2 is 2.00 bits per heavy atom. The van der Waals surface area contributed by atoms with Crippen LogP contribution in [0, 0.1) is 5.41 Å². The van der Waals surface area contributed by atoms with E-state index in [0.717, 1.165) is 5.56 Å². The Bertz CT molecular complexity index is 424. The molecule has 6 heteroatoms. The molecule has 112 valence electrons. The number of nitrogens with one attached hydrogen (secondary N) is 1. The second-order valence-electron chi connectivity index (χ2n) is 5.77. The molecule has 1 aromatic rings. The standard InChI is InChI=1S/C14H19F3N2O/c1-13(2,3)12(14(15,16)17)19-11(20)7-6-10-5-4-8-18-9-10/h4-5,8-9,12H,6-7H2,1-3H3,(H,19,20). The van der Waals surface area contributed by atoms with Crippen LogP contribution in [0.2, 0.25) is 0 Å². The molecule has 0 radical (unpaired) electrons. The summed E-state index contributed by atoms with van der Waals surface area (Å²) in [4.78, 5) is 15.6. The van der Waals surface area contributed by atoms with Crippen LogP contribution in [0.1, 0.15) is 32.8 Å². The molecule has 1 unspecified atom stereocenters. The van der Waals surface area contributed by atoms with E-state index in [1.807, 2.05) is 0 Å². The number of hydrogen-bond donors (Lipinski definition) is 1. The maximum absolute atomic E-state index is 12.9. The molecule has 1 heterocycles. The largest absolute Gasteiger partial charge is 0.409 e. The number of carbonyl (C=O) groups is 1. The van der Waals surface area contributed by atoms with Crippen LogP contribution >= 0.6 is 0 Å². The topological polar surface area (TPSA) is 42.0 Å². The smallest absolute Gasteiger partial charge is 0.344 e. The Kier molecular flexibility index (Phi) is 5.14. The van der Waals surface area contributed by atoms with Crippen molar-refractivity contribution >= 4 is 5.91 Å². The van der Waals surface area contributed by atoms with Gasteiger partial charge in [-0.05, 0) is 23.5 Å². The van der Waals surface area contributed by atoms with E-state index in [9.17, 15) is 18.0 Å². The Hall–Kier alpha value is -1.59. The highest BCUT2D eigenvalue weighted by Crippen LogP contribution is 2.33. The van der Waals surface area contributed by atoms with Crippen molar-refractivity contribution in [2.75, 3.05) is 0 Å². The van der Waals surface area contributed by atoms with Gasteiger partial charge >= 0.3 is 6.18 Å². The van der Waals surface area contributed by atoms with Crippen molar-refractivity contribution in [2.45, 2.75) is 45.8 Å². The van der Waals surface area contributed by atoms with Crippen LogP contribution in [0.5, 0.6) is 0 Å². The third-order valence-electron chi connectivity index (χ3n) is 2.86. The highest BCUT2D eigenvalue weighted by molar-refractivity contribution is 5.76. The highest BCUT2D eigenvalue weighted by Gasteiger charge is 2.47. The van der Waals surface area contributed by atoms with E-state index in [1.54, 1.807) is 24.5 Å². The van der Waals surface area contributed by atoms with Gasteiger partial charge in [-0.3, -0.25) is 9.78 Å². The average molecular weight is 288 g/mol. The Balaban J connectivity index is 2.59. The first-order valence-electron chi connectivity index (χ1n) is 6.35. The summed E-state index contributed by atoms with van der Waals surface area (Å²) in [6, 6.07) is 1.66. The second kappa shape index (κ2) is 6.24. The fourth-order valence-corrected chi connectivity index (χ4v) is 1.83. The van der Waals surface area contributed by atoms with Crippen LogP contribution in [0.3, 0.4) is 0 Å². The molecule has 1 atom stereocenters. The maximum Gasteiger partial charge on any atom is 0.409 e. The van der Waals surface area contributed by atoms with E-state index >= 15 is 0 Å². The van der Waals surface area contributed by atoms with Gasteiger partial charge < -0.3 is 5.32 Å². The summed E-state index contributed by atoms with van der Waals surface area (Å²) in [5, 5.41) is 2.08. The number of aromatic nitrogens is 1. The van der Waals surface area contributed by atoms with Gasteiger partial charge in [-0.2, -0.15) is 13.2 Å². The van der Waals surface area contributed by atoms with Crippen molar-refractivity contribution in [1.29, 1.82) is 0 Å². The Morgan fingerprint density at radius 1 is 1.35 bits per heavy atom. The summed E-state index contributed by atoms with van der Waals surface area (Å²) in [5.74, 6) is -0.605. The third kappa shape index (κ3) is 5.19. The SMILES string of the molecule is CC(C)(C)C(NC(=O)CCc1cccnc1)C(F)(F)F. The highest BCUT2D eigenvalue weighted by atomic mass is 19.4. The van der Waals surface area contributed by atoms with E-state index in [1.165, 1.54) is 20.8 Å². The summed E-state index contributed by atoms with van der Waals surface area (Å²) in [6.07, 6.45) is -0.883. The summed E-state index contributed by atoms with van der Waals surface area (Å²) >= 11 is 0. The zero-order valence-electron chi connectivity index (χ0n) is 11.8. The molecule has 0 aliphatic rings. The molecule has 0 saturated carbocycles. The molecule has 1 rings (SSSR count). The lowest BCUT2D eigenvalue weighted by Crippen LogP contribution is -2.53. The molecule has 0 aromatic carbocycles. The predicted octanol–water partition coefficient (Wildman–Crippen LogP) is 3.11. The molecule has 20 heavy (non-hydrogen) atoms. The second-order valence-corrected chi connectivity index (χ2v) is 5.77. The van der Waals surface area contributed by atoms with Gasteiger partial charge in [0.1, 0.15) is 6.04 Å². The molecule has 3 nitrogen and oxygen atoms in total. The third-order valence-corrected chi connectivity index (χ3v) is 2.86. The molecule has 0 spiro atoms. The first-order chi connectivity index (χ1) is 9.10. The molecule has 0 aliphatic heterocycles. The number of hydrogen-bond acceptors (Lipinski definition) is 2. The minimum absolute atomic E-state index is 0.00829. The van der Waals surface area contributed by atoms with Crippen molar-refractivity contribution in [2.24, 2.45) is 5.41 Å². The van der Waals surface area contributed by atoms with Crippen LogP contribution in [0.4, 0.5) is 13.2 Å². The molecule has 1 aromatic heterocycles. The Labute approximate surface area is 116 Å². The maximum atomic E-state index is 12.9. The number of nitrogens with zero attached hydrogens (tertiary/aromatic N) is 1. The molecule has 0 bridgehead atoms. The fraction of sp³-hybridized carbons (Fsp3) is 0.571. The summed E-state index contributed by atoms with van der Waals surface area (Å²) < 4.78 is 38.7. The summed E-state index contributed by atoms with van der Waals surface area (Å²) in [7, 11) is 0. The number of halogens is 3. The van der Waals surface area contributed by atoms with Crippen molar-refractivity contribution in [3.63, 3.8) is 0 Å². The lowest BCUT2D eigenvalue weighted by atomic mass is 9.86. The monoisotopic (exact) mass is 288 g/mol. The molecule has 0 saturated heterocycles. The molecule has 1 N–H and O–H groups in total. The number of aryl methyl sites for hydroxylation is 1. The number of carbonyl (C=O) groups excluding carboxylic acids is 1. The zero-order valence-corrected chi connectivity index (χ0v) is 11.8. The van der Waals surface area contributed by atoms with E-state index in [4.69, 9.17) is 0 Å². The average Bonchev–Trinajstić information content (AvgIpc) is 2.32. The van der Waals surface area contributed by atoms with Crippen LogP contribution in [0.15, 0.2) is 24.5 Å². The number of pyridine rings is 1. The summed E-state index contributed by atoms with van der Waals surface area (Å²) in [5.41, 5.74) is -0.260. The van der Waals surface area contributed by atoms with Crippen LogP contribution < -0.4 is 5.32 Å². The normalized spacial score (nSPS) is 13.9. The lowest BCUT2D eigenvalue weighted by molar-refractivity contribution is -0.180. The quantitative estimate of drug-likeness (QED) is 0.925. The molecule has 0 fully saturated rings. The fourth-order valence-electron chi connectivity index (χ4n) is 1.83. The van der Waals surface area contributed by atoms with Crippen molar-refractivity contribution in [1.82, 2.24) is 10.3 Å². The van der Waals surface area contributed by atoms with Gasteiger partial charge in [-0.15, -0.1) is 0 Å². The number of alkyl halides is 3. The van der Waals surface area contributed by atoms with Gasteiger partial charge in [0.05, 0.1) is 0 Å². The first-order valence-corrected chi connectivity index (χ1v) is 6.35. The van der Waals surface area contributed by atoms with Crippen molar-refractivity contribution in [3.05, 3.63) is 30.1 Å². The van der Waals surface area contributed by atoms with Gasteiger partial charge in [0, 0.05) is 18.8 Å². The zero-order chi connectivity index (χ0) is 15.4. The molecule has 1 amide bonds. The molecule has 0 aliphatic carbocycles. The van der Waals surface area contributed by atoms with Gasteiger partial charge in [0.25, 0.3) is 0 Å². The minimum Gasteiger partial charge on any atom is -0.344 e. The van der Waals surface area contributed by atoms with Crippen molar-refractivity contribution in [3.8, 4) is 0 Å². The Morgan fingerprint density at radius 3 is 2.45 bits per heavy atom. The molecular weight excluding hydrogens is 269 g/mol. The van der Waals surface area contributed by atoms with E-state index in [-0.39, 0.29) is 6.42 Å². The van der Waals surface area contributed by atoms with Crippen LogP contribution in [0.25, 0.3) is 0 Å². The lowest BCUT2D eigenvalue weighted by Gasteiger charge is -2.33. The van der Waals surface area contributed by atoms with Crippen molar-refractivity contribution < 1.29 is 18.0 Å². The van der Waals surface area contributed by atoms with Gasteiger partial charge in [0.15, 0.2) is 0 Å². The molecular formula is C14H19F3N2O. The van der Waals surface area contributed by atoms with E-state index < -0.39 is 23.5 Å². The van der Waals surface area contributed by atoms with E-state index in [2.05, 4.69) is 10.3 Å². The van der Waals surface area contributed by atoms with Gasteiger partial charge in [-0.1, -0.05) is 26.8 Å². The van der Waals surface area contributed by atoms with E-state index in [0.29, 0.717) is 6.42 Å². The number of rotatable bonds is 4. The minimum atomic E-state index is -4.46. The van der Waals surface area contributed by atoms with Gasteiger partial charge in [-0.25, -0.2) is 0 Å².